The third-order valence-corrected chi connectivity index (χ3v) is 6.02. The van der Waals surface area contributed by atoms with Crippen molar-refractivity contribution in [3.8, 4) is 16.9 Å². The summed E-state index contributed by atoms with van der Waals surface area (Å²) in [4.78, 5) is 12.9. The maximum Gasteiger partial charge on any atom is 0.266 e. The van der Waals surface area contributed by atoms with Crippen molar-refractivity contribution in [3.05, 3.63) is 107 Å². The first kappa shape index (κ1) is 23.4. The molecule has 0 aliphatic heterocycles. The molecule has 0 aliphatic carbocycles. The molecule has 0 aromatic heterocycles. The molecule has 0 saturated heterocycles. The predicted molar refractivity (Wildman–Crippen MR) is 132 cm³/mol. The van der Waals surface area contributed by atoms with Gasteiger partial charge < -0.3 is 10.4 Å². The average molecular weight is 497 g/mol. The van der Waals surface area contributed by atoms with Crippen molar-refractivity contribution in [2.45, 2.75) is 0 Å². The number of phenols is 1. The summed E-state index contributed by atoms with van der Waals surface area (Å²) in [6.07, 6.45) is 0. The summed E-state index contributed by atoms with van der Waals surface area (Å²) < 4.78 is 36.0. The largest absolute Gasteiger partial charge is 0.506 e. The zero-order valence-electron chi connectivity index (χ0n) is 17.5. The summed E-state index contributed by atoms with van der Waals surface area (Å²) in [7, 11) is 0. The van der Waals surface area contributed by atoms with Crippen LogP contribution in [-0.4, -0.2) is 19.8 Å². The molecule has 4 aromatic carbocycles. The minimum atomic E-state index is -2.59. The van der Waals surface area contributed by atoms with Gasteiger partial charge in [-0.2, -0.15) is 0 Å². The highest BCUT2D eigenvalue weighted by molar-refractivity contribution is 7.81. The Kier molecular flexibility index (Phi) is 6.93. The molecule has 0 radical (unpaired) electrons. The van der Waals surface area contributed by atoms with Gasteiger partial charge in [0, 0.05) is 5.69 Å². The molecule has 1 unspecified atom stereocenters. The lowest BCUT2D eigenvalue weighted by molar-refractivity contribution is 0.102. The van der Waals surface area contributed by atoms with E-state index < -0.39 is 23.0 Å². The lowest BCUT2D eigenvalue weighted by Crippen LogP contribution is -2.20. The Labute approximate surface area is 202 Å². The Balaban J connectivity index is 1.61. The molecule has 4 rings (SSSR count). The van der Waals surface area contributed by atoms with Gasteiger partial charge in [0.1, 0.15) is 17.3 Å². The Morgan fingerprint density at radius 2 is 1.62 bits per heavy atom. The molecule has 0 heterocycles. The van der Waals surface area contributed by atoms with Gasteiger partial charge in [-0.25, -0.2) is 12.9 Å². The van der Waals surface area contributed by atoms with Gasteiger partial charge in [-0.15, -0.1) is 0 Å². The first-order valence-electron chi connectivity index (χ1n) is 9.99. The van der Waals surface area contributed by atoms with Crippen LogP contribution >= 0.6 is 11.6 Å². The van der Waals surface area contributed by atoms with E-state index in [-0.39, 0.29) is 33.4 Å². The number of hydrogen-bond acceptors (Lipinski definition) is 3. The number of nitrogens with one attached hydrogen (secondary N) is 1. The Morgan fingerprint density at radius 3 is 2.26 bits per heavy atom. The topological polar surface area (TPSA) is 89.9 Å². The van der Waals surface area contributed by atoms with Crippen LogP contribution in [0.25, 0.3) is 11.1 Å². The Bertz CT molecular complexity index is 1370. The van der Waals surface area contributed by atoms with Crippen LogP contribution < -0.4 is 9.62 Å². The van der Waals surface area contributed by atoms with E-state index in [0.29, 0.717) is 0 Å². The molecule has 172 valence electrons. The number of phenolic OH excluding ortho intramolecular Hbond substituents is 1. The molecular weight excluding hydrogens is 479 g/mol. The molecule has 0 fully saturated rings. The molecule has 0 bridgehead atoms. The highest BCUT2D eigenvalue weighted by Gasteiger charge is 2.20. The van der Waals surface area contributed by atoms with Crippen molar-refractivity contribution in [1.29, 1.82) is 0 Å². The van der Waals surface area contributed by atoms with Crippen molar-refractivity contribution < 1.29 is 23.1 Å². The fourth-order valence-electron chi connectivity index (χ4n) is 3.36. The number of halogens is 2. The Hall–Kier alpha value is -3.72. The van der Waals surface area contributed by atoms with Crippen molar-refractivity contribution >= 4 is 45.8 Å². The molecule has 0 spiro atoms. The van der Waals surface area contributed by atoms with Crippen LogP contribution in [0.4, 0.5) is 21.5 Å². The molecular formula is C25H18ClFN2O4S. The quantitative estimate of drug-likeness (QED) is 0.213. The molecule has 1 atom stereocenters. The molecule has 9 heteroatoms. The number of aromatic hydroxyl groups is 1. The second-order valence-corrected chi connectivity index (χ2v) is 8.45. The summed E-state index contributed by atoms with van der Waals surface area (Å²) >= 11 is 3.78. The number of amides is 1. The van der Waals surface area contributed by atoms with E-state index in [1.807, 2.05) is 30.3 Å². The standard InChI is InChI=1S/C25H18ClFN2O4S/c26-22-14-17(16-4-2-1-3-5-16)6-12-21(22)25(31)28-19-9-13-24(30)23(15-19)29(34(32)33)20-10-7-18(27)8-11-20/h1-15,30H,(H,28,31)(H,32,33). The Morgan fingerprint density at radius 1 is 0.912 bits per heavy atom. The van der Waals surface area contributed by atoms with E-state index in [2.05, 4.69) is 5.32 Å². The number of carbonyl (C=O) groups is 1. The number of rotatable bonds is 6. The molecule has 0 aliphatic rings. The fourth-order valence-corrected chi connectivity index (χ4v) is 4.24. The highest BCUT2D eigenvalue weighted by Crippen LogP contribution is 2.36. The van der Waals surface area contributed by atoms with Gasteiger partial charge in [0.15, 0.2) is 0 Å². The van der Waals surface area contributed by atoms with E-state index in [4.69, 9.17) is 11.6 Å². The van der Waals surface area contributed by atoms with E-state index >= 15 is 0 Å². The van der Waals surface area contributed by atoms with E-state index in [1.165, 1.54) is 30.3 Å². The molecule has 6 nitrogen and oxygen atoms in total. The van der Waals surface area contributed by atoms with Gasteiger partial charge in [0.25, 0.3) is 17.2 Å². The highest BCUT2D eigenvalue weighted by atomic mass is 35.5. The van der Waals surface area contributed by atoms with Gasteiger partial charge in [-0.3, -0.25) is 9.35 Å². The first-order valence-corrected chi connectivity index (χ1v) is 11.4. The maximum absolute atomic E-state index is 13.3. The molecule has 0 saturated carbocycles. The van der Waals surface area contributed by atoms with Gasteiger partial charge in [0.2, 0.25) is 0 Å². The maximum atomic E-state index is 13.3. The van der Waals surface area contributed by atoms with Crippen LogP contribution in [0, 0.1) is 5.82 Å². The minimum absolute atomic E-state index is 0.0595. The number of nitrogens with zero attached hydrogens (tertiary/aromatic N) is 1. The van der Waals surface area contributed by atoms with E-state index in [1.54, 1.807) is 18.2 Å². The number of anilines is 3. The molecule has 4 aromatic rings. The third kappa shape index (κ3) is 5.09. The van der Waals surface area contributed by atoms with Gasteiger partial charge in [0.05, 0.1) is 16.3 Å². The fraction of sp³-hybridized carbons (Fsp3) is 0. The predicted octanol–water partition coefficient (Wildman–Crippen LogP) is 6.38. The summed E-state index contributed by atoms with van der Waals surface area (Å²) in [5, 5.41) is 13.2. The van der Waals surface area contributed by atoms with Crippen molar-refractivity contribution in [2.24, 2.45) is 0 Å². The smallest absolute Gasteiger partial charge is 0.266 e. The normalized spacial score (nSPS) is 11.6. The number of carbonyl (C=O) groups excluding carboxylic acids is 1. The van der Waals surface area contributed by atoms with Crippen LogP contribution in [-0.2, 0) is 11.3 Å². The molecule has 3 N–H and O–H groups in total. The number of hydrogen-bond donors (Lipinski definition) is 3. The second kappa shape index (κ2) is 10.0. The van der Waals surface area contributed by atoms with Crippen molar-refractivity contribution in [1.82, 2.24) is 0 Å². The summed E-state index contributed by atoms with van der Waals surface area (Å²) in [5.41, 5.74) is 2.40. The lowest BCUT2D eigenvalue weighted by atomic mass is 10.0. The van der Waals surface area contributed by atoms with Crippen molar-refractivity contribution in [3.63, 3.8) is 0 Å². The molecule has 1 amide bonds. The molecule has 34 heavy (non-hydrogen) atoms. The third-order valence-electron chi connectivity index (χ3n) is 4.99. The van der Waals surface area contributed by atoms with Crippen LogP contribution in [0.1, 0.15) is 10.4 Å². The first-order chi connectivity index (χ1) is 16.3. The van der Waals surface area contributed by atoms with Crippen LogP contribution in [0.3, 0.4) is 0 Å². The van der Waals surface area contributed by atoms with E-state index in [9.17, 15) is 23.1 Å². The van der Waals surface area contributed by atoms with Gasteiger partial charge in [-0.1, -0.05) is 48.0 Å². The van der Waals surface area contributed by atoms with E-state index in [0.717, 1.165) is 27.6 Å². The van der Waals surface area contributed by atoms with Gasteiger partial charge in [-0.05, 0) is 65.7 Å². The minimum Gasteiger partial charge on any atom is -0.506 e. The zero-order valence-corrected chi connectivity index (χ0v) is 19.1. The van der Waals surface area contributed by atoms with Crippen LogP contribution in [0.2, 0.25) is 5.02 Å². The van der Waals surface area contributed by atoms with Crippen LogP contribution in [0.15, 0.2) is 91.0 Å². The van der Waals surface area contributed by atoms with Gasteiger partial charge >= 0.3 is 0 Å². The summed E-state index contributed by atoms with van der Waals surface area (Å²) in [5.74, 6) is -1.33. The monoisotopic (exact) mass is 496 g/mol. The van der Waals surface area contributed by atoms with Crippen molar-refractivity contribution in [2.75, 3.05) is 9.62 Å². The zero-order chi connectivity index (χ0) is 24.2. The SMILES string of the molecule is O=C(Nc1ccc(O)c(N(c2ccc(F)cc2)S(=O)O)c1)c1ccc(-c2ccccc2)cc1Cl. The van der Waals surface area contributed by atoms with Crippen LogP contribution in [0.5, 0.6) is 5.75 Å². The summed E-state index contributed by atoms with van der Waals surface area (Å²) in [6, 6.07) is 23.5. The summed E-state index contributed by atoms with van der Waals surface area (Å²) in [6.45, 7) is 0. The number of benzene rings is 4. The lowest BCUT2D eigenvalue weighted by Gasteiger charge is -2.22. The average Bonchev–Trinajstić information content (AvgIpc) is 2.82. The second-order valence-electron chi connectivity index (χ2n) is 7.22.